The van der Waals surface area contributed by atoms with Crippen LogP contribution in [0.4, 0.5) is 0 Å². The second-order valence-corrected chi connectivity index (χ2v) is 8.94. The largest absolute Gasteiger partial charge is 0.465 e. The van der Waals surface area contributed by atoms with Crippen molar-refractivity contribution in [3.63, 3.8) is 0 Å². The average molecular weight is 499 g/mol. The van der Waals surface area contributed by atoms with Gasteiger partial charge in [-0.2, -0.15) is 0 Å². The number of allylic oxidation sites excluding steroid dienone is 1. The fraction of sp³-hybridized carbons (Fsp3) is 0.233. The van der Waals surface area contributed by atoms with E-state index in [1.165, 1.54) is 14.2 Å². The quantitative estimate of drug-likeness (QED) is 0.340. The number of rotatable bonds is 6. The molecule has 1 atom stereocenters. The molecule has 0 fully saturated rings. The molecule has 2 aromatic carbocycles. The molecule has 1 aliphatic heterocycles. The van der Waals surface area contributed by atoms with Crippen molar-refractivity contribution in [3.8, 4) is 5.69 Å². The summed E-state index contributed by atoms with van der Waals surface area (Å²) >= 11 is 0. The number of carbonyl (C=O) groups excluding carboxylic acids is 3. The summed E-state index contributed by atoms with van der Waals surface area (Å²) in [6, 6.07) is 18.5. The minimum Gasteiger partial charge on any atom is -0.465 e. The van der Waals surface area contributed by atoms with E-state index in [1.54, 1.807) is 30.0 Å². The second kappa shape index (κ2) is 10.3. The van der Waals surface area contributed by atoms with Gasteiger partial charge < -0.3 is 18.9 Å². The summed E-state index contributed by atoms with van der Waals surface area (Å²) < 4.78 is 12.0. The van der Waals surface area contributed by atoms with Crippen molar-refractivity contribution < 1.29 is 23.9 Å². The highest BCUT2D eigenvalue weighted by Gasteiger charge is 2.39. The number of hydrogen-bond donors (Lipinski definition) is 0. The Morgan fingerprint density at radius 2 is 1.51 bits per heavy atom. The fourth-order valence-corrected chi connectivity index (χ4v) is 4.96. The summed E-state index contributed by atoms with van der Waals surface area (Å²) in [7, 11) is 2.66. The molecular weight excluding hydrogens is 468 g/mol. The molecule has 1 aromatic heterocycles. The van der Waals surface area contributed by atoms with Gasteiger partial charge in [-0.1, -0.05) is 42.5 Å². The standard InChI is InChI=1S/C30H30N2O5/c1-18-16-23(20(3)31(18)26-15-11-10-14-24(26)29(34)36-5)17-25-27(30(35)37-6)21(4)32(28(25)33)19(2)22-12-8-7-9-13-22/h7-17,19H,1-6H3/b25-17-/t19-/m1/s1. The first-order valence-electron chi connectivity index (χ1n) is 12.0. The highest BCUT2D eigenvalue weighted by Crippen LogP contribution is 2.38. The van der Waals surface area contributed by atoms with Gasteiger partial charge in [0.2, 0.25) is 0 Å². The van der Waals surface area contributed by atoms with Crippen LogP contribution in [0.25, 0.3) is 11.8 Å². The average Bonchev–Trinajstić information content (AvgIpc) is 3.33. The maximum atomic E-state index is 13.8. The van der Waals surface area contributed by atoms with Gasteiger partial charge in [0.25, 0.3) is 5.91 Å². The first kappa shape index (κ1) is 25.7. The van der Waals surface area contributed by atoms with Crippen LogP contribution in [0.5, 0.6) is 0 Å². The molecule has 1 amide bonds. The Balaban J connectivity index is 1.84. The van der Waals surface area contributed by atoms with Gasteiger partial charge >= 0.3 is 11.9 Å². The topological polar surface area (TPSA) is 77.8 Å². The molecule has 0 saturated carbocycles. The van der Waals surface area contributed by atoms with Gasteiger partial charge in [0.1, 0.15) is 0 Å². The number of carbonyl (C=O) groups is 3. The summed E-state index contributed by atoms with van der Waals surface area (Å²) in [4.78, 5) is 40.7. The predicted molar refractivity (Wildman–Crippen MR) is 141 cm³/mol. The monoisotopic (exact) mass is 498 g/mol. The van der Waals surface area contributed by atoms with Crippen LogP contribution in [-0.2, 0) is 19.1 Å². The highest BCUT2D eigenvalue weighted by molar-refractivity contribution is 6.16. The number of esters is 2. The van der Waals surface area contributed by atoms with E-state index in [0.717, 1.165) is 22.5 Å². The van der Waals surface area contributed by atoms with Crippen molar-refractivity contribution >= 4 is 23.9 Å². The SMILES string of the molecule is COC(=O)C1=C(C)N([C@H](C)c2ccccc2)C(=O)/C1=C\c1cc(C)n(-c2ccccc2C(=O)OC)c1C. The maximum absolute atomic E-state index is 13.8. The lowest BCUT2D eigenvalue weighted by Crippen LogP contribution is -2.28. The van der Waals surface area contributed by atoms with Crippen LogP contribution in [0.3, 0.4) is 0 Å². The number of para-hydroxylation sites is 1. The zero-order valence-electron chi connectivity index (χ0n) is 21.9. The van der Waals surface area contributed by atoms with E-state index in [9.17, 15) is 14.4 Å². The molecule has 0 spiro atoms. The second-order valence-electron chi connectivity index (χ2n) is 8.94. The normalized spacial score (nSPS) is 15.4. The number of nitrogens with zero attached hydrogens (tertiary/aromatic N) is 2. The summed E-state index contributed by atoms with van der Waals surface area (Å²) in [5, 5.41) is 0. The molecule has 3 aromatic rings. The molecule has 7 heteroatoms. The van der Waals surface area contributed by atoms with Crippen LogP contribution in [0.15, 0.2) is 77.5 Å². The Morgan fingerprint density at radius 1 is 0.892 bits per heavy atom. The van der Waals surface area contributed by atoms with E-state index in [2.05, 4.69) is 0 Å². The van der Waals surface area contributed by atoms with Crippen molar-refractivity contribution in [2.75, 3.05) is 14.2 Å². The highest BCUT2D eigenvalue weighted by atomic mass is 16.5. The van der Waals surface area contributed by atoms with E-state index >= 15 is 0 Å². The molecular formula is C30H30N2O5. The summed E-state index contributed by atoms with van der Waals surface area (Å²) in [6.45, 7) is 7.53. The Hall–Kier alpha value is -4.39. The predicted octanol–water partition coefficient (Wildman–Crippen LogP) is 5.31. The maximum Gasteiger partial charge on any atom is 0.340 e. The van der Waals surface area contributed by atoms with Gasteiger partial charge in [-0.25, -0.2) is 9.59 Å². The lowest BCUT2D eigenvalue weighted by Gasteiger charge is -2.26. The third kappa shape index (κ3) is 4.48. The first-order valence-corrected chi connectivity index (χ1v) is 12.0. The van der Waals surface area contributed by atoms with Gasteiger partial charge in [0.15, 0.2) is 0 Å². The van der Waals surface area contributed by atoms with E-state index in [1.807, 2.05) is 73.9 Å². The molecule has 0 aliphatic carbocycles. The zero-order chi connectivity index (χ0) is 26.9. The minimum absolute atomic E-state index is 0.245. The van der Waals surface area contributed by atoms with E-state index in [0.29, 0.717) is 16.9 Å². The number of ether oxygens (including phenoxy) is 2. The molecule has 4 rings (SSSR count). The van der Waals surface area contributed by atoms with Gasteiger partial charge in [0, 0.05) is 17.1 Å². The molecule has 0 radical (unpaired) electrons. The van der Waals surface area contributed by atoms with Crippen molar-refractivity contribution in [2.24, 2.45) is 0 Å². The number of hydrogen-bond acceptors (Lipinski definition) is 5. The van der Waals surface area contributed by atoms with Crippen LogP contribution in [0, 0.1) is 13.8 Å². The van der Waals surface area contributed by atoms with E-state index in [-0.39, 0.29) is 23.1 Å². The van der Waals surface area contributed by atoms with Crippen LogP contribution in [0.1, 0.15) is 52.8 Å². The minimum atomic E-state index is -0.565. The number of benzene rings is 2. The Bertz CT molecular complexity index is 1450. The van der Waals surface area contributed by atoms with Crippen molar-refractivity contribution in [1.82, 2.24) is 9.47 Å². The lowest BCUT2D eigenvalue weighted by atomic mass is 10.0. The Labute approximate surface area is 216 Å². The molecule has 37 heavy (non-hydrogen) atoms. The molecule has 7 nitrogen and oxygen atoms in total. The van der Waals surface area contributed by atoms with Gasteiger partial charge in [-0.15, -0.1) is 0 Å². The number of aryl methyl sites for hydroxylation is 1. The fourth-order valence-electron chi connectivity index (χ4n) is 4.96. The molecule has 0 bridgehead atoms. The van der Waals surface area contributed by atoms with Gasteiger partial charge in [-0.05, 0) is 63.1 Å². The Kier molecular flexibility index (Phi) is 7.16. The smallest absolute Gasteiger partial charge is 0.340 e. The van der Waals surface area contributed by atoms with Crippen molar-refractivity contribution in [3.05, 3.63) is 106 Å². The van der Waals surface area contributed by atoms with Gasteiger partial charge in [0.05, 0.1) is 42.7 Å². The summed E-state index contributed by atoms with van der Waals surface area (Å²) in [6.07, 6.45) is 1.73. The van der Waals surface area contributed by atoms with Crippen LogP contribution in [0.2, 0.25) is 0 Å². The van der Waals surface area contributed by atoms with Crippen molar-refractivity contribution in [1.29, 1.82) is 0 Å². The molecule has 0 saturated heterocycles. The summed E-state index contributed by atoms with van der Waals surface area (Å²) in [5.41, 5.74) is 5.55. The number of aromatic nitrogens is 1. The number of amides is 1. The number of methoxy groups -OCH3 is 2. The molecule has 1 aliphatic rings. The van der Waals surface area contributed by atoms with E-state index in [4.69, 9.17) is 9.47 Å². The van der Waals surface area contributed by atoms with Crippen LogP contribution >= 0.6 is 0 Å². The first-order chi connectivity index (χ1) is 17.7. The molecule has 0 N–H and O–H groups in total. The molecule has 2 heterocycles. The zero-order valence-corrected chi connectivity index (χ0v) is 21.9. The van der Waals surface area contributed by atoms with Crippen molar-refractivity contribution in [2.45, 2.75) is 33.7 Å². The van der Waals surface area contributed by atoms with Crippen LogP contribution < -0.4 is 0 Å². The van der Waals surface area contributed by atoms with Gasteiger partial charge in [-0.3, -0.25) is 4.79 Å². The Morgan fingerprint density at radius 3 is 2.16 bits per heavy atom. The third-order valence-electron chi connectivity index (χ3n) is 6.82. The molecule has 190 valence electrons. The lowest BCUT2D eigenvalue weighted by molar-refractivity contribution is -0.136. The third-order valence-corrected chi connectivity index (χ3v) is 6.82. The molecule has 0 unspecified atom stereocenters. The van der Waals surface area contributed by atoms with E-state index < -0.39 is 11.9 Å². The summed E-state index contributed by atoms with van der Waals surface area (Å²) in [5.74, 6) is -1.27. The van der Waals surface area contributed by atoms with Crippen LogP contribution in [-0.4, -0.2) is 41.5 Å².